The number of aromatic nitrogens is 2. The number of carboxylic acid groups (broad SMARTS) is 1. The van der Waals surface area contributed by atoms with Crippen molar-refractivity contribution in [3.63, 3.8) is 0 Å². The van der Waals surface area contributed by atoms with Gasteiger partial charge in [-0.3, -0.25) is 0 Å². The van der Waals surface area contributed by atoms with Crippen molar-refractivity contribution in [3.05, 3.63) is 53.2 Å². The lowest BCUT2D eigenvalue weighted by atomic mass is 10.0. The van der Waals surface area contributed by atoms with E-state index in [1.165, 1.54) is 4.52 Å². The first kappa shape index (κ1) is 21.8. The van der Waals surface area contributed by atoms with Crippen LogP contribution in [0, 0.1) is 0 Å². The van der Waals surface area contributed by atoms with Crippen molar-refractivity contribution in [2.24, 2.45) is 0 Å². The lowest BCUT2D eigenvalue weighted by molar-refractivity contribution is 0.0517. The molecule has 9 heteroatoms. The molecule has 1 aromatic carbocycles. The predicted molar refractivity (Wildman–Crippen MR) is 117 cm³/mol. The lowest BCUT2D eigenvalue weighted by Gasteiger charge is -2.28. The number of aliphatic hydroxyl groups is 1. The van der Waals surface area contributed by atoms with Crippen LogP contribution in [0.15, 0.2) is 36.4 Å². The molecule has 0 saturated carbocycles. The highest BCUT2D eigenvalue weighted by Crippen LogP contribution is 2.35. The Morgan fingerprint density at radius 3 is 2.50 bits per heavy atom. The molecule has 0 amide bonds. The molecule has 1 aliphatic rings. The summed E-state index contributed by atoms with van der Waals surface area (Å²) in [5.74, 6) is -1.36. The van der Waals surface area contributed by atoms with Gasteiger partial charge in [-0.2, -0.15) is 0 Å². The number of aliphatic hydroxyl groups excluding tert-OH is 1. The number of fused-ring (bicyclic) bond motifs is 1. The maximum absolute atomic E-state index is 13.0. The van der Waals surface area contributed by atoms with Crippen LogP contribution in [0.1, 0.15) is 33.3 Å². The number of carbonyl (C=O) groups is 2. The zero-order valence-electron chi connectivity index (χ0n) is 17.8. The van der Waals surface area contributed by atoms with E-state index in [2.05, 4.69) is 4.90 Å². The molecule has 0 bridgehead atoms. The molecule has 0 atom stereocenters. The van der Waals surface area contributed by atoms with E-state index in [0.717, 1.165) is 5.56 Å². The Morgan fingerprint density at radius 1 is 1.16 bits per heavy atom. The quantitative estimate of drug-likeness (QED) is 0.539. The van der Waals surface area contributed by atoms with Gasteiger partial charge in [0.05, 0.1) is 36.6 Å². The van der Waals surface area contributed by atoms with Gasteiger partial charge < -0.3 is 24.6 Å². The number of carbonyl (C=O) groups excluding carboxylic acids is 1. The van der Waals surface area contributed by atoms with E-state index in [0.29, 0.717) is 43.2 Å². The number of hydrogen-bond acceptors (Lipinski definition) is 7. The second-order valence-electron chi connectivity index (χ2n) is 7.34. The molecule has 3 aromatic rings. The molecule has 2 aromatic heterocycles. The summed E-state index contributed by atoms with van der Waals surface area (Å²) in [6.45, 7) is 3.87. The van der Waals surface area contributed by atoms with Crippen LogP contribution >= 0.6 is 0 Å². The second-order valence-corrected chi connectivity index (χ2v) is 7.34. The molecule has 0 radical (unpaired) electrons. The first-order valence-electron chi connectivity index (χ1n) is 10.5. The number of morpholine rings is 1. The van der Waals surface area contributed by atoms with Gasteiger partial charge in [-0.1, -0.05) is 30.3 Å². The fraction of sp³-hybridized carbons (Fsp3) is 0.348. The van der Waals surface area contributed by atoms with Gasteiger partial charge in [0.25, 0.3) is 0 Å². The molecule has 1 saturated heterocycles. The van der Waals surface area contributed by atoms with Gasteiger partial charge in [-0.05, 0) is 18.6 Å². The molecule has 0 aliphatic carbocycles. The minimum atomic E-state index is -1.27. The third-order valence-corrected chi connectivity index (χ3v) is 5.44. The molecule has 32 heavy (non-hydrogen) atoms. The van der Waals surface area contributed by atoms with Crippen LogP contribution < -0.4 is 4.90 Å². The van der Waals surface area contributed by atoms with E-state index in [-0.39, 0.29) is 36.5 Å². The summed E-state index contributed by atoms with van der Waals surface area (Å²) in [6.07, 6.45) is 0.0238. The highest BCUT2D eigenvalue weighted by molar-refractivity contribution is 6.12. The monoisotopic (exact) mass is 439 g/mol. The van der Waals surface area contributed by atoms with Crippen LogP contribution in [-0.2, 0) is 15.9 Å². The molecule has 9 nitrogen and oxygen atoms in total. The van der Waals surface area contributed by atoms with E-state index in [1.54, 1.807) is 6.92 Å². The summed E-state index contributed by atoms with van der Waals surface area (Å²) < 4.78 is 12.2. The van der Waals surface area contributed by atoms with E-state index in [4.69, 9.17) is 14.6 Å². The molecule has 0 unspecified atom stereocenters. The predicted octanol–water partition coefficient (Wildman–Crippen LogP) is 2.25. The standard InChI is InChI=1S/C23H25N3O6/c1-2-32-23(30)20-19(22(28)29)17(8-11-27)26-21(20)16(15-6-4-3-5-7-15)14-18(24-26)25-9-12-31-13-10-25/h3-7,14,27H,2,8-13H2,1H3,(H,28,29). The van der Waals surface area contributed by atoms with Crippen molar-refractivity contribution in [3.8, 4) is 11.1 Å². The highest BCUT2D eigenvalue weighted by Gasteiger charge is 2.32. The van der Waals surface area contributed by atoms with Gasteiger partial charge in [0.15, 0.2) is 0 Å². The minimum Gasteiger partial charge on any atom is -0.478 e. The minimum absolute atomic E-state index is 0.0238. The lowest BCUT2D eigenvalue weighted by Crippen LogP contribution is -2.37. The molecule has 0 spiro atoms. The summed E-state index contributed by atoms with van der Waals surface area (Å²) in [5, 5.41) is 24.4. The fourth-order valence-electron chi connectivity index (χ4n) is 4.05. The Balaban J connectivity index is 2.10. The third kappa shape index (κ3) is 3.92. The van der Waals surface area contributed by atoms with Crippen molar-refractivity contribution in [2.75, 3.05) is 44.4 Å². The van der Waals surface area contributed by atoms with Gasteiger partial charge in [0.1, 0.15) is 11.4 Å². The number of carboxylic acids is 1. The zero-order chi connectivity index (χ0) is 22.7. The zero-order valence-corrected chi connectivity index (χ0v) is 17.8. The third-order valence-electron chi connectivity index (χ3n) is 5.44. The first-order valence-corrected chi connectivity index (χ1v) is 10.5. The van der Waals surface area contributed by atoms with E-state index >= 15 is 0 Å². The summed E-state index contributed by atoms with van der Waals surface area (Å²) in [6, 6.07) is 11.3. The Hall–Kier alpha value is -3.43. The number of anilines is 1. The summed E-state index contributed by atoms with van der Waals surface area (Å²) in [5.41, 5.74) is 1.84. The average molecular weight is 439 g/mol. The number of esters is 1. The van der Waals surface area contributed by atoms with Crippen molar-refractivity contribution in [1.82, 2.24) is 9.61 Å². The normalized spacial score (nSPS) is 14.0. The maximum Gasteiger partial charge on any atom is 0.341 e. The number of nitrogens with zero attached hydrogens (tertiary/aromatic N) is 3. The Labute approximate surface area is 184 Å². The van der Waals surface area contributed by atoms with Gasteiger partial charge in [-0.25, -0.2) is 14.1 Å². The van der Waals surface area contributed by atoms with Crippen molar-refractivity contribution in [1.29, 1.82) is 0 Å². The van der Waals surface area contributed by atoms with Crippen molar-refractivity contribution in [2.45, 2.75) is 13.3 Å². The second kappa shape index (κ2) is 9.37. The Bertz CT molecular complexity index is 1140. The molecule has 1 fully saturated rings. The number of benzene rings is 1. The van der Waals surface area contributed by atoms with Crippen LogP contribution in [0.25, 0.3) is 16.6 Å². The van der Waals surface area contributed by atoms with Crippen LogP contribution in [-0.4, -0.2) is 71.3 Å². The van der Waals surface area contributed by atoms with Gasteiger partial charge >= 0.3 is 11.9 Å². The van der Waals surface area contributed by atoms with Crippen LogP contribution in [0.5, 0.6) is 0 Å². The van der Waals surface area contributed by atoms with Crippen LogP contribution in [0.3, 0.4) is 0 Å². The average Bonchev–Trinajstić information content (AvgIpc) is 3.15. The highest BCUT2D eigenvalue weighted by atomic mass is 16.5. The number of hydrogen-bond donors (Lipinski definition) is 2. The summed E-state index contributed by atoms with van der Waals surface area (Å²) in [7, 11) is 0. The Morgan fingerprint density at radius 2 is 1.88 bits per heavy atom. The maximum atomic E-state index is 13.0. The smallest absolute Gasteiger partial charge is 0.341 e. The molecular formula is C23H25N3O6. The molecule has 4 rings (SSSR count). The molecule has 1 aliphatic heterocycles. The molecule has 3 heterocycles. The Kier molecular flexibility index (Phi) is 6.38. The van der Waals surface area contributed by atoms with Crippen molar-refractivity contribution >= 4 is 23.3 Å². The SMILES string of the molecule is CCOC(=O)c1c(C(=O)O)c(CCO)n2nc(N3CCOCC3)cc(-c3ccccc3)c12. The summed E-state index contributed by atoms with van der Waals surface area (Å²) in [4.78, 5) is 27.3. The molecular weight excluding hydrogens is 414 g/mol. The summed E-state index contributed by atoms with van der Waals surface area (Å²) >= 11 is 0. The van der Waals surface area contributed by atoms with Crippen LogP contribution in [0.2, 0.25) is 0 Å². The van der Waals surface area contributed by atoms with E-state index in [1.807, 2.05) is 36.4 Å². The van der Waals surface area contributed by atoms with E-state index in [9.17, 15) is 19.8 Å². The fourth-order valence-corrected chi connectivity index (χ4v) is 4.05. The molecule has 168 valence electrons. The number of aromatic carboxylic acids is 1. The van der Waals surface area contributed by atoms with Crippen LogP contribution in [0.4, 0.5) is 5.82 Å². The number of rotatable bonds is 7. The van der Waals surface area contributed by atoms with Crippen molar-refractivity contribution < 1.29 is 29.3 Å². The van der Waals surface area contributed by atoms with Gasteiger partial charge in [-0.15, -0.1) is 5.10 Å². The largest absolute Gasteiger partial charge is 0.478 e. The van der Waals surface area contributed by atoms with Gasteiger partial charge in [0, 0.05) is 31.7 Å². The first-order chi connectivity index (χ1) is 15.6. The topological polar surface area (TPSA) is 114 Å². The van der Waals surface area contributed by atoms with Gasteiger partial charge in [0.2, 0.25) is 0 Å². The molecule has 2 N–H and O–H groups in total. The van der Waals surface area contributed by atoms with E-state index < -0.39 is 11.9 Å². The number of ether oxygens (including phenoxy) is 2.